The molecule has 1 aromatic heterocycles. The standard InChI is InChI=1S/C21H21N3O3/c1-27-17-8-7-15-10-19(24-18(15)11-17)21(26)22-12-13-3-2-4-16(9-13)23-20(25)14-5-6-14/h2-4,7-11,14,24H,5-6,12H2,1H3,(H,22,26)(H,23,25). The number of ether oxygens (including phenoxy) is 1. The van der Waals surface area contributed by atoms with Crippen LogP contribution < -0.4 is 15.4 Å². The van der Waals surface area contributed by atoms with Crippen molar-refractivity contribution < 1.29 is 14.3 Å². The first-order chi connectivity index (χ1) is 13.1. The predicted molar refractivity (Wildman–Crippen MR) is 104 cm³/mol. The first-order valence-electron chi connectivity index (χ1n) is 8.97. The van der Waals surface area contributed by atoms with E-state index < -0.39 is 0 Å². The van der Waals surface area contributed by atoms with E-state index >= 15 is 0 Å². The van der Waals surface area contributed by atoms with Gasteiger partial charge in [0.25, 0.3) is 5.91 Å². The summed E-state index contributed by atoms with van der Waals surface area (Å²) in [6.07, 6.45) is 1.94. The summed E-state index contributed by atoms with van der Waals surface area (Å²) in [4.78, 5) is 27.4. The number of benzene rings is 2. The average Bonchev–Trinajstić information content (AvgIpc) is 3.45. The fraction of sp³-hybridized carbons (Fsp3) is 0.238. The summed E-state index contributed by atoms with van der Waals surface area (Å²) < 4.78 is 5.20. The zero-order chi connectivity index (χ0) is 18.8. The minimum Gasteiger partial charge on any atom is -0.497 e. The number of aromatic nitrogens is 1. The second kappa shape index (κ2) is 7.15. The zero-order valence-corrected chi connectivity index (χ0v) is 15.0. The van der Waals surface area contributed by atoms with E-state index in [9.17, 15) is 9.59 Å². The molecule has 0 saturated heterocycles. The number of aromatic amines is 1. The summed E-state index contributed by atoms with van der Waals surface area (Å²) in [7, 11) is 1.61. The van der Waals surface area contributed by atoms with E-state index in [4.69, 9.17) is 4.74 Å². The van der Waals surface area contributed by atoms with Gasteiger partial charge in [-0.15, -0.1) is 0 Å². The summed E-state index contributed by atoms with van der Waals surface area (Å²) in [6, 6.07) is 15.0. The van der Waals surface area contributed by atoms with Crippen molar-refractivity contribution >= 4 is 28.4 Å². The Morgan fingerprint density at radius 1 is 1.15 bits per heavy atom. The van der Waals surface area contributed by atoms with Crippen LogP contribution in [0.1, 0.15) is 28.9 Å². The molecule has 2 aromatic carbocycles. The van der Waals surface area contributed by atoms with Crippen molar-refractivity contribution in [1.82, 2.24) is 10.3 Å². The summed E-state index contributed by atoms with van der Waals surface area (Å²) in [5.74, 6) is 0.789. The van der Waals surface area contributed by atoms with Crippen molar-refractivity contribution in [2.45, 2.75) is 19.4 Å². The van der Waals surface area contributed by atoms with Crippen LogP contribution in [0.3, 0.4) is 0 Å². The highest BCUT2D eigenvalue weighted by atomic mass is 16.5. The molecular weight excluding hydrogens is 342 g/mol. The second-order valence-corrected chi connectivity index (χ2v) is 6.78. The Balaban J connectivity index is 1.40. The lowest BCUT2D eigenvalue weighted by molar-refractivity contribution is -0.117. The van der Waals surface area contributed by atoms with Gasteiger partial charge in [0.05, 0.1) is 7.11 Å². The van der Waals surface area contributed by atoms with Gasteiger partial charge < -0.3 is 20.4 Å². The molecule has 0 bridgehead atoms. The van der Waals surface area contributed by atoms with E-state index in [-0.39, 0.29) is 17.7 Å². The molecule has 0 aliphatic heterocycles. The van der Waals surface area contributed by atoms with E-state index in [2.05, 4.69) is 15.6 Å². The van der Waals surface area contributed by atoms with Crippen LogP contribution in [0.4, 0.5) is 5.69 Å². The predicted octanol–water partition coefficient (Wildman–Crippen LogP) is 3.46. The lowest BCUT2D eigenvalue weighted by atomic mass is 10.2. The Kier molecular flexibility index (Phi) is 4.54. The molecule has 3 N–H and O–H groups in total. The monoisotopic (exact) mass is 363 g/mol. The van der Waals surface area contributed by atoms with Crippen molar-refractivity contribution in [3.05, 3.63) is 59.8 Å². The van der Waals surface area contributed by atoms with Gasteiger partial charge in [0.2, 0.25) is 5.91 Å². The molecule has 1 saturated carbocycles. The molecule has 3 aromatic rings. The summed E-state index contributed by atoms with van der Waals surface area (Å²) >= 11 is 0. The Hall–Kier alpha value is -3.28. The minimum atomic E-state index is -0.183. The van der Waals surface area contributed by atoms with Crippen molar-refractivity contribution in [3.63, 3.8) is 0 Å². The van der Waals surface area contributed by atoms with Gasteiger partial charge in [0, 0.05) is 35.1 Å². The number of amides is 2. The van der Waals surface area contributed by atoms with Gasteiger partial charge in [-0.1, -0.05) is 12.1 Å². The molecule has 138 valence electrons. The molecule has 4 rings (SSSR count). The number of carbonyl (C=O) groups excluding carboxylic acids is 2. The second-order valence-electron chi connectivity index (χ2n) is 6.78. The first kappa shape index (κ1) is 17.1. The maximum atomic E-state index is 12.5. The number of nitrogens with one attached hydrogen (secondary N) is 3. The Morgan fingerprint density at radius 3 is 2.78 bits per heavy atom. The molecule has 0 unspecified atom stereocenters. The first-order valence-corrected chi connectivity index (χ1v) is 8.97. The molecule has 1 aliphatic carbocycles. The number of carbonyl (C=O) groups is 2. The molecule has 0 spiro atoms. The summed E-state index contributed by atoms with van der Waals surface area (Å²) in [6.45, 7) is 0.380. The van der Waals surface area contributed by atoms with Gasteiger partial charge in [-0.25, -0.2) is 0 Å². The van der Waals surface area contributed by atoms with Crippen molar-refractivity contribution in [2.24, 2.45) is 5.92 Å². The maximum Gasteiger partial charge on any atom is 0.267 e. The van der Waals surface area contributed by atoms with Gasteiger partial charge in [0.15, 0.2) is 0 Å². The van der Waals surface area contributed by atoms with Crippen LogP contribution in [-0.2, 0) is 11.3 Å². The Labute approximate surface area is 156 Å². The highest BCUT2D eigenvalue weighted by Crippen LogP contribution is 2.30. The third-order valence-corrected chi connectivity index (χ3v) is 4.67. The van der Waals surface area contributed by atoms with Crippen LogP contribution in [0.25, 0.3) is 10.9 Å². The molecule has 0 atom stereocenters. The number of hydrogen-bond acceptors (Lipinski definition) is 3. The molecule has 2 amide bonds. The van der Waals surface area contributed by atoms with E-state index in [0.29, 0.717) is 12.2 Å². The van der Waals surface area contributed by atoms with Gasteiger partial charge in [0.1, 0.15) is 11.4 Å². The minimum absolute atomic E-state index is 0.0738. The summed E-state index contributed by atoms with van der Waals surface area (Å²) in [5, 5.41) is 6.78. The topological polar surface area (TPSA) is 83.2 Å². The molecule has 1 fully saturated rings. The van der Waals surface area contributed by atoms with Crippen molar-refractivity contribution in [2.75, 3.05) is 12.4 Å². The largest absolute Gasteiger partial charge is 0.497 e. The van der Waals surface area contributed by atoms with Crippen molar-refractivity contribution in [1.29, 1.82) is 0 Å². The number of methoxy groups -OCH3 is 1. The quantitative estimate of drug-likeness (QED) is 0.627. The van der Waals surface area contributed by atoms with Crippen LogP contribution in [0.2, 0.25) is 0 Å². The van der Waals surface area contributed by atoms with Crippen LogP contribution in [0.15, 0.2) is 48.5 Å². The highest BCUT2D eigenvalue weighted by molar-refractivity contribution is 5.98. The molecular formula is C21H21N3O3. The van der Waals surface area contributed by atoms with Crippen molar-refractivity contribution in [3.8, 4) is 5.75 Å². The van der Waals surface area contributed by atoms with Gasteiger partial charge in [-0.05, 0) is 48.7 Å². The number of fused-ring (bicyclic) bond motifs is 1. The van der Waals surface area contributed by atoms with Gasteiger partial charge in [-0.3, -0.25) is 9.59 Å². The Morgan fingerprint density at radius 2 is 2.00 bits per heavy atom. The van der Waals surface area contributed by atoms with E-state index in [1.165, 1.54) is 0 Å². The fourth-order valence-electron chi connectivity index (χ4n) is 2.98. The van der Waals surface area contributed by atoms with Gasteiger partial charge in [-0.2, -0.15) is 0 Å². The highest BCUT2D eigenvalue weighted by Gasteiger charge is 2.29. The Bertz CT molecular complexity index is 1000. The maximum absolute atomic E-state index is 12.5. The molecule has 27 heavy (non-hydrogen) atoms. The molecule has 6 nitrogen and oxygen atoms in total. The normalized spacial score (nSPS) is 13.4. The molecule has 6 heteroatoms. The molecule has 1 aliphatic rings. The van der Waals surface area contributed by atoms with Crippen LogP contribution in [0, 0.1) is 5.92 Å². The van der Waals surface area contributed by atoms with Crippen LogP contribution in [0.5, 0.6) is 5.75 Å². The zero-order valence-electron chi connectivity index (χ0n) is 15.0. The fourth-order valence-corrected chi connectivity index (χ4v) is 2.98. The lowest BCUT2D eigenvalue weighted by Crippen LogP contribution is -2.23. The number of hydrogen-bond donors (Lipinski definition) is 3. The number of anilines is 1. The van der Waals surface area contributed by atoms with E-state index in [0.717, 1.165) is 40.7 Å². The third-order valence-electron chi connectivity index (χ3n) is 4.67. The SMILES string of the molecule is COc1ccc2cc(C(=O)NCc3cccc(NC(=O)C4CC4)c3)[nH]c2c1. The molecule has 0 radical (unpaired) electrons. The third kappa shape index (κ3) is 3.95. The smallest absolute Gasteiger partial charge is 0.267 e. The molecule has 1 heterocycles. The van der Waals surface area contributed by atoms with E-state index in [1.54, 1.807) is 7.11 Å². The van der Waals surface area contributed by atoms with Crippen LogP contribution >= 0.6 is 0 Å². The number of rotatable bonds is 6. The summed E-state index contributed by atoms with van der Waals surface area (Å²) in [5.41, 5.74) is 3.03. The van der Waals surface area contributed by atoms with Crippen LogP contribution in [-0.4, -0.2) is 23.9 Å². The lowest BCUT2D eigenvalue weighted by Gasteiger charge is -2.08. The van der Waals surface area contributed by atoms with Gasteiger partial charge >= 0.3 is 0 Å². The van der Waals surface area contributed by atoms with E-state index in [1.807, 2.05) is 48.5 Å². The average molecular weight is 363 g/mol. The number of H-pyrrole nitrogens is 1.